The number of allylic oxidation sites excluding steroid dienone is 4. The highest BCUT2D eigenvalue weighted by atomic mass is 15.0. The van der Waals surface area contributed by atoms with E-state index in [1.807, 2.05) is 0 Å². The molecule has 1 aliphatic rings. The van der Waals surface area contributed by atoms with Gasteiger partial charge in [0.1, 0.15) is 0 Å². The lowest BCUT2D eigenvalue weighted by Gasteiger charge is -2.16. The molecule has 0 fully saturated rings. The number of rotatable bonds is 7. The first kappa shape index (κ1) is 31.1. The van der Waals surface area contributed by atoms with Gasteiger partial charge in [-0.05, 0) is 123 Å². The Morgan fingerprint density at radius 3 is 2.16 bits per heavy atom. The molecule has 8 aromatic rings. The van der Waals surface area contributed by atoms with Gasteiger partial charge in [0, 0.05) is 16.5 Å². The van der Waals surface area contributed by atoms with E-state index in [2.05, 4.69) is 188 Å². The number of aryl methyl sites for hydroxylation is 3. The van der Waals surface area contributed by atoms with Crippen molar-refractivity contribution >= 4 is 38.2 Å². The molecule has 0 saturated carbocycles. The molecular weight excluding hydrogens is 615 g/mol. The molecular formula is C50H41N. The summed E-state index contributed by atoms with van der Waals surface area (Å²) in [5.74, 6) is 0.597. The maximum absolute atomic E-state index is 2.45. The SMILES string of the molecule is Cc1ccccc1-c1c(CCc2ccc(C3=CC(C)CC=C3)cc2)ccc2c1c1ccccc1n2-c1ccc(-c2ccc3ccccc3c2)cc1. The zero-order valence-corrected chi connectivity index (χ0v) is 29.3. The van der Waals surface area contributed by atoms with E-state index in [9.17, 15) is 0 Å². The van der Waals surface area contributed by atoms with E-state index in [0.29, 0.717) is 5.92 Å². The van der Waals surface area contributed by atoms with E-state index < -0.39 is 0 Å². The highest BCUT2D eigenvalue weighted by Crippen LogP contribution is 2.42. The normalized spacial score (nSPS) is 14.4. The van der Waals surface area contributed by atoms with Crippen LogP contribution in [0.5, 0.6) is 0 Å². The van der Waals surface area contributed by atoms with Gasteiger partial charge in [-0.1, -0.05) is 146 Å². The van der Waals surface area contributed by atoms with Crippen LogP contribution >= 0.6 is 0 Å². The van der Waals surface area contributed by atoms with Crippen LogP contribution in [0, 0.1) is 12.8 Å². The van der Waals surface area contributed by atoms with E-state index in [0.717, 1.165) is 19.3 Å². The van der Waals surface area contributed by atoms with Crippen LogP contribution in [-0.2, 0) is 12.8 Å². The van der Waals surface area contributed by atoms with Gasteiger partial charge in [0.15, 0.2) is 0 Å². The Labute approximate surface area is 300 Å². The highest BCUT2D eigenvalue weighted by Gasteiger charge is 2.20. The largest absolute Gasteiger partial charge is 0.309 e. The smallest absolute Gasteiger partial charge is 0.0547 e. The van der Waals surface area contributed by atoms with Gasteiger partial charge in [-0.15, -0.1) is 0 Å². The second-order valence-corrected chi connectivity index (χ2v) is 14.2. The fraction of sp³-hybridized carbons (Fsp3) is 0.120. The van der Waals surface area contributed by atoms with Gasteiger partial charge in [0.25, 0.3) is 0 Å². The lowest BCUT2D eigenvalue weighted by molar-refractivity contribution is 0.740. The number of hydrogen-bond donors (Lipinski definition) is 0. The van der Waals surface area contributed by atoms with Crippen molar-refractivity contribution in [2.24, 2.45) is 5.92 Å². The minimum absolute atomic E-state index is 0.597. The molecule has 1 aliphatic carbocycles. The second-order valence-electron chi connectivity index (χ2n) is 14.2. The first-order valence-corrected chi connectivity index (χ1v) is 18.3. The number of fused-ring (bicyclic) bond motifs is 4. The lowest BCUT2D eigenvalue weighted by atomic mass is 9.89. The van der Waals surface area contributed by atoms with Gasteiger partial charge in [-0.25, -0.2) is 0 Å². The van der Waals surface area contributed by atoms with Crippen molar-refractivity contribution in [1.29, 1.82) is 0 Å². The zero-order chi connectivity index (χ0) is 34.3. The summed E-state index contributed by atoms with van der Waals surface area (Å²) in [5.41, 5.74) is 15.5. The third kappa shape index (κ3) is 5.79. The number of aromatic nitrogens is 1. The molecule has 7 aromatic carbocycles. The second kappa shape index (κ2) is 13.1. The highest BCUT2D eigenvalue weighted by molar-refractivity contribution is 6.16. The molecule has 1 heteroatoms. The molecule has 9 rings (SSSR count). The predicted molar refractivity (Wildman–Crippen MR) is 219 cm³/mol. The maximum atomic E-state index is 2.45. The molecule has 0 bridgehead atoms. The molecule has 1 atom stereocenters. The molecule has 246 valence electrons. The molecule has 0 radical (unpaired) electrons. The molecule has 1 nitrogen and oxygen atoms in total. The average Bonchev–Trinajstić information content (AvgIpc) is 3.52. The van der Waals surface area contributed by atoms with Gasteiger partial charge in [-0.2, -0.15) is 0 Å². The molecule has 1 unspecified atom stereocenters. The van der Waals surface area contributed by atoms with Gasteiger partial charge < -0.3 is 4.57 Å². The fourth-order valence-electron chi connectivity index (χ4n) is 8.10. The molecule has 0 aliphatic heterocycles. The molecule has 1 aromatic heterocycles. The molecule has 1 heterocycles. The van der Waals surface area contributed by atoms with Crippen LogP contribution in [0.3, 0.4) is 0 Å². The van der Waals surface area contributed by atoms with Crippen LogP contribution in [0.4, 0.5) is 0 Å². The Bertz CT molecular complexity index is 2610. The van der Waals surface area contributed by atoms with E-state index >= 15 is 0 Å². The van der Waals surface area contributed by atoms with Crippen molar-refractivity contribution in [3.63, 3.8) is 0 Å². The maximum Gasteiger partial charge on any atom is 0.0547 e. The third-order valence-corrected chi connectivity index (χ3v) is 10.8. The summed E-state index contributed by atoms with van der Waals surface area (Å²) < 4.78 is 2.45. The minimum Gasteiger partial charge on any atom is -0.309 e. The number of benzene rings is 7. The Balaban J connectivity index is 1.13. The Morgan fingerprint density at radius 1 is 0.608 bits per heavy atom. The van der Waals surface area contributed by atoms with Crippen LogP contribution in [0.15, 0.2) is 170 Å². The van der Waals surface area contributed by atoms with Crippen molar-refractivity contribution in [2.45, 2.75) is 33.1 Å². The summed E-state index contributed by atoms with van der Waals surface area (Å²) in [7, 11) is 0. The molecule has 51 heavy (non-hydrogen) atoms. The predicted octanol–water partition coefficient (Wildman–Crippen LogP) is 13.3. The number of nitrogens with zero attached hydrogens (tertiary/aromatic N) is 1. The van der Waals surface area contributed by atoms with Crippen LogP contribution in [0.1, 0.15) is 35.6 Å². The first-order valence-electron chi connectivity index (χ1n) is 18.3. The first-order chi connectivity index (χ1) is 25.1. The monoisotopic (exact) mass is 655 g/mol. The summed E-state index contributed by atoms with van der Waals surface area (Å²) in [6, 6.07) is 56.2. The van der Waals surface area contributed by atoms with Crippen LogP contribution in [0.2, 0.25) is 0 Å². The van der Waals surface area contributed by atoms with Crippen molar-refractivity contribution in [3.8, 4) is 27.9 Å². The van der Waals surface area contributed by atoms with Crippen molar-refractivity contribution in [2.75, 3.05) is 0 Å². The summed E-state index contributed by atoms with van der Waals surface area (Å²) in [6.07, 6.45) is 10.1. The van der Waals surface area contributed by atoms with E-state index in [-0.39, 0.29) is 0 Å². The third-order valence-electron chi connectivity index (χ3n) is 10.8. The molecule has 0 amide bonds. The van der Waals surface area contributed by atoms with Crippen molar-refractivity contribution in [3.05, 3.63) is 192 Å². The van der Waals surface area contributed by atoms with Crippen LogP contribution in [-0.4, -0.2) is 4.57 Å². The van der Waals surface area contributed by atoms with E-state index in [4.69, 9.17) is 0 Å². The standard InChI is InChI=1S/C50H41N/c1-34-10-9-14-41(32-34)38-21-18-36(19-22-38)20-23-40-28-31-48-50(49(40)45-15-6-3-11-35(45)2)46-16-7-8-17-47(46)51(48)44-29-26-39(27-30-44)43-25-24-37-12-4-5-13-42(37)33-43/h3-9,11-19,21-22,24-34H,10,20,23H2,1-2H3. The number of para-hydroxylation sites is 1. The summed E-state index contributed by atoms with van der Waals surface area (Å²) in [4.78, 5) is 0. The average molecular weight is 656 g/mol. The Morgan fingerprint density at radius 2 is 1.33 bits per heavy atom. The van der Waals surface area contributed by atoms with Gasteiger partial charge >= 0.3 is 0 Å². The summed E-state index contributed by atoms with van der Waals surface area (Å²) in [6.45, 7) is 4.54. The van der Waals surface area contributed by atoms with E-state index in [1.54, 1.807) is 0 Å². The number of hydrogen-bond acceptors (Lipinski definition) is 0. The molecule has 0 saturated heterocycles. The topological polar surface area (TPSA) is 4.93 Å². The van der Waals surface area contributed by atoms with E-state index in [1.165, 1.54) is 88.3 Å². The Hall–Kier alpha value is -5.92. The van der Waals surface area contributed by atoms with Gasteiger partial charge in [0.05, 0.1) is 11.0 Å². The zero-order valence-electron chi connectivity index (χ0n) is 29.3. The van der Waals surface area contributed by atoms with Gasteiger partial charge in [-0.3, -0.25) is 0 Å². The van der Waals surface area contributed by atoms with Crippen molar-refractivity contribution in [1.82, 2.24) is 4.57 Å². The molecule has 0 N–H and O–H groups in total. The van der Waals surface area contributed by atoms with Gasteiger partial charge in [0.2, 0.25) is 0 Å². The van der Waals surface area contributed by atoms with Crippen molar-refractivity contribution < 1.29 is 0 Å². The minimum atomic E-state index is 0.597. The summed E-state index contributed by atoms with van der Waals surface area (Å²) in [5, 5.41) is 5.15. The lowest BCUT2D eigenvalue weighted by Crippen LogP contribution is -1.99. The quantitative estimate of drug-likeness (QED) is 0.161. The molecule has 0 spiro atoms. The van der Waals surface area contributed by atoms with Crippen LogP contribution < -0.4 is 0 Å². The van der Waals surface area contributed by atoms with Crippen LogP contribution in [0.25, 0.3) is 66.1 Å². The fourth-order valence-corrected chi connectivity index (χ4v) is 8.10. The Kier molecular flexibility index (Phi) is 7.97. The summed E-state index contributed by atoms with van der Waals surface area (Å²) >= 11 is 0.